The molecular formula is C16H13BrClNO3. The van der Waals surface area contributed by atoms with Gasteiger partial charge >= 0.3 is 5.97 Å². The monoisotopic (exact) mass is 381 g/mol. The third kappa shape index (κ3) is 4.32. The summed E-state index contributed by atoms with van der Waals surface area (Å²) in [5.74, 6) is -1.53. The molecule has 0 fully saturated rings. The number of rotatable bonds is 5. The Bertz CT molecular complexity index is 688. The minimum atomic E-state index is -1.09. The van der Waals surface area contributed by atoms with Crippen molar-refractivity contribution in [1.82, 2.24) is 5.32 Å². The van der Waals surface area contributed by atoms with Gasteiger partial charge in [-0.2, -0.15) is 0 Å². The van der Waals surface area contributed by atoms with E-state index in [1.165, 1.54) is 0 Å². The first-order chi connectivity index (χ1) is 10.5. The lowest BCUT2D eigenvalue weighted by Crippen LogP contribution is -2.42. The van der Waals surface area contributed by atoms with E-state index in [2.05, 4.69) is 21.2 Å². The van der Waals surface area contributed by atoms with Crippen LogP contribution in [0, 0.1) is 0 Å². The Balaban J connectivity index is 2.12. The highest BCUT2D eigenvalue weighted by Gasteiger charge is 2.21. The number of carboxylic acids is 1. The van der Waals surface area contributed by atoms with Crippen molar-refractivity contribution in [3.8, 4) is 0 Å². The molecule has 0 unspecified atom stereocenters. The molecular weight excluding hydrogens is 370 g/mol. The van der Waals surface area contributed by atoms with Gasteiger partial charge in [-0.3, -0.25) is 4.79 Å². The third-order valence-electron chi connectivity index (χ3n) is 3.09. The van der Waals surface area contributed by atoms with Crippen molar-refractivity contribution >= 4 is 39.4 Å². The van der Waals surface area contributed by atoms with Gasteiger partial charge < -0.3 is 10.4 Å². The summed E-state index contributed by atoms with van der Waals surface area (Å²) in [4.78, 5) is 23.5. The molecule has 0 radical (unpaired) electrons. The molecule has 0 spiro atoms. The van der Waals surface area contributed by atoms with Gasteiger partial charge in [0.15, 0.2) is 0 Å². The first-order valence-corrected chi connectivity index (χ1v) is 7.67. The largest absolute Gasteiger partial charge is 0.480 e. The lowest BCUT2D eigenvalue weighted by molar-refractivity contribution is -0.139. The Morgan fingerprint density at radius 1 is 1.14 bits per heavy atom. The van der Waals surface area contributed by atoms with Crippen molar-refractivity contribution in [2.24, 2.45) is 0 Å². The summed E-state index contributed by atoms with van der Waals surface area (Å²) in [5.41, 5.74) is 1.18. The fourth-order valence-electron chi connectivity index (χ4n) is 1.93. The molecule has 0 aliphatic rings. The molecule has 2 rings (SSSR count). The summed E-state index contributed by atoms with van der Waals surface area (Å²) < 4.78 is 0.807. The van der Waals surface area contributed by atoms with Gasteiger partial charge in [-0.15, -0.1) is 0 Å². The molecule has 2 aromatic carbocycles. The van der Waals surface area contributed by atoms with Crippen LogP contribution in [0.5, 0.6) is 0 Å². The molecule has 2 aromatic rings. The van der Waals surface area contributed by atoms with Gasteiger partial charge in [0.25, 0.3) is 5.91 Å². The van der Waals surface area contributed by atoms with Crippen molar-refractivity contribution < 1.29 is 14.7 Å². The molecule has 0 saturated carbocycles. The molecule has 1 amide bonds. The minimum Gasteiger partial charge on any atom is -0.480 e. The molecule has 4 nitrogen and oxygen atoms in total. The number of carboxylic acid groups (broad SMARTS) is 1. The summed E-state index contributed by atoms with van der Waals surface area (Å²) in [5, 5.41) is 12.4. The van der Waals surface area contributed by atoms with Gasteiger partial charge in [0.05, 0.1) is 0 Å². The summed E-state index contributed by atoms with van der Waals surface area (Å²) in [6, 6.07) is 12.6. The molecule has 0 aliphatic carbocycles. The van der Waals surface area contributed by atoms with E-state index < -0.39 is 17.9 Å². The number of hydrogen-bond donors (Lipinski definition) is 2. The summed E-state index contributed by atoms with van der Waals surface area (Å²) in [6.45, 7) is 0. The fourth-order valence-corrected chi connectivity index (χ4v) is 2.50. The second-order valence-corrected chi connectivity index (χ2v) is 5.96. The average Bonchev–Trinajstić information content (AvgIpc) is 2.49. The molecule has 6 heteroatoms. The Morgan fingerprint density at radius 3 is 2.36 bits per heavy atom. The van der Waals surface area contributed by atoms with Gasteiger partial charge in [0.1, 0.15) is 6.04 Å². The quantitative estimate of drug-likeness (QED) is 0.831. The van der Waals surface area contributed by atoms with Crippen LogP contribution >= 0.6 is 27.5 Å². The number of carbonyl (C=O) groups is 2. The SMILES string of the molecule is O=C(N[C@H](Cc1ccccc1Br)C(=O)O)c1ccc(Cl)cc1. The number of aliphatic carboxylic acids is 1. The van der Waals surface area contributed by atoms with Crippen molar-refractivity contribution in [3.63, 3.8) is 0 Å². The maximum absolute atomic E-state index is 12.1. The van der Waals surface area contributed by atoms with Gasteiger partial charge in [-0.25, -0.2) is 4.79 Å². The zero-order valence-electron chi connectivity index (χ0n) is 11.4. The molecule has 1 atom stereocenters. The van der Waals surface area contributed by atoms with Crippen LogP contribution in [0.2, 0.25) is 5.02 Å². The summed E-state index contributed by atoms with van der Waals surface area (Å²) in [6.07, 6.45) is 0.191. The minimum absolute atomic E-state index is 0.191. The van der Waals surface area contributed by atoms with E-state index in [-0.39, 0.29) is 6.42 Å². The lowest BCUT2D eigenvalue weighted by atomic mass is 10.1. The zero-order chi connectivity index (χ0) is 16.1. The second kappa shape index (κ2) is 7.42. The first-order valence-electron chi connectivity index (χ1n) is 6.50. The molecule has 0 saturated heterocycles. The molecule has 0 bridgehead atoms. The molecule has 0 heterocycles. The molecule has 2 N–H and O–H groups in total. The maximum atomic E-state index is 12.1. The first kappa shape index (κ1) is 16.5. The van der Waals surface area contributed by atoms with Crippen molar-refractivity contribution in [2.75, 3.05) is 0 Å². The molecule has 0 aliphatic heterocycles. The van der Waals surface area contributed by atoms with E-state index in [0.717, 1.165) is 10.0 Å². The van der Waals surface area contributed by atoms with Crippen LogP contribution in [-0.4, -0.2) is 23.0 Å². The Hall–Kier alpha value is -1.85. The standard InChI is InChI=1S/C16H13BrClNO3/c17-13-4-2-1-3-11(13)9-14(16(21)22)19-15(20)10-5-7-12(18)8-6-10/h1-8,14H,9H2,(H,19,20)(H,21,22)/t14-/m1/s1. The maximum Gasteiger partial charge on any atom is 0.326 e. The fraction of sp³-hybridized carbons (Fsp3) is 0.125. The molecule has 114 valence electrons. The topological polar surface area (TPSA) is 66.4 Å². The number of halogens is 2. The zero-order valence-corrected chi connectivity index (χ0v) is 13.8. The van der Waals surface area contributed by atoms with Gasteiger partial charge in [0, 0.05) is 21.5 Å². The summed E-state index contributed by atoms with van der Waals surface area (Å²) >= 11 is 9.14. The molecule has 0 aromatic heterocycles. The lowest BCUT2D eigenvalue weighted by Gasteiger charge is -2.15. The van der Waals surface area contributed by atoms with Crippen LogP contribution in [0.3, 0.4) is 0 Å². The molecule has 22 heavy (non-hydrogen) atoms. The smallest absolute Gasteiger partial charge is 0.326 e. The number of benzene rings is 2. The van der Waals surface area contributed by atoms with Gasteiger partial charge in [0.2, 0.25) is 0 Å². The van der Waals surface area contributed by atoms with Gasteiger partial charge in [-0.1, -0.05) is 45.7 Å². The summed E-state index contributed by atoms with van der Waals surface area (Å²) in [7, 11) is 0. The number of amides is 1. The van der Waals surface area contributed by atoms with E-state index >= 15 is 0 Å². The van der Waals surface area contributed by atoms with E-state index in [4.69, 9.17) is 11.6 Å². The van der Waals surface area contributed by atoms with Crippen LogP contribution in [0.25, 0.3) is 0 Å². The van der Waals surface area contributed by atoms with E-state index in [9.17, 15) is 14.7 Å². The van der Waals surface area contributed by atoms with Crippen molar-refractivity contribution in [3.05, 3.63) is 69.2 Å². The van der Waals surface area contributed by atoms with Crippen LogP contribution in [0.1, 0.15) is 15.9 Å². The van der Waals surface area contributed by atoms with Crippen LogP contribution in [-0.2, 0) is 11.2 Å². The Morgan fingerprint density at radius 2 is 1.77 bits per heavy atom. The Kier molecular flexibility index (Phi) is 5.57. The second-order valence-electron chi connectivity index (χ2n) is 4.67. The van der Waals surface area contributed by atoms with Crippen molar-refractivity contribution in [1.29, 1.82) is 0 Å². The van der Waals surface area contributed by atoms with Crippen molar-refractivity contribution in [2.45, 2.75) is 12.5 Å². The average molecular weight is 383 g/mol. The number of nitrogens with one attached hydrogen (secondary N) is 1. The van der Waals surface area contributed by atoms with E-state index in [1.54, 1.807) is 24.3 Å². The van der Waals surface area contributed by atoms with Gasteiger partial charge in [-0.05, 0) is 35.9 Å². The van der Waals surface area contributed by atoms with Crippen LogP contribution in [0.15, 0.2) is 53.0 Å². The highest BCUT2D eigenvalue weighted by atomic mass is 79.9. The predicted octanol–water partition coefficient (Wildman–Crippen LogP) is 3.53. The number of carbonyl (C=O) groups excluding carboxylic acids is 1. The normalized spacial score (nSPS) is 11.7. The number of hydrogen-bond acceptors (Lipinski definition) is 2. The Labute approximate surface area is 141 Å². The predicted molar refractivity (Wildman–Crippen MR) is 88.2 cm³/mol. The van der Waals surface area contributed by atoms with E-state index in [1.807, 2.05) is 24.3 Å². The van der Waals surface area contributed by atoms with E-state index in [0.29, 0.717) is 10.6 Å². The highest BCUT2D eigenvalue weighted by molar-refractivity contribution is 9.10. The highest BCUT2D eigenvalue weighted by Crippen LogP contribution is 2.18. The third-order valence-corrected chi connectivity index (χ3v) is 4.12. The van der Waals surface area contributed by atoms with Crippen LogP contribution < -0.4 is 5.32 Å². The van der Waals surface area contributed by atoms with Crippen LogP contribution in [0.4, 0.5) is 0 Å².